The number of rotatable bonds is 5. The van der Waals surface area contributed by atoms with Gasteiger partial charge in [-0.05, 0) is 80.0 Å². The number of hydrogen-bond donors (Lipinski definition) is 0. The molecule has 0 aliphatic heterocycles. The third kappa shape index (κ3) is 7.79. The van der Waals surface area contributed by atoms with Crippen LogP contribution in [0.15, 0.2) is 24.3 Å². The second-order valence-electron chi connectivity index (χ2n) is 14.8. The van der Waals surface area contributed by atoms with E-state index < -0.39 is 13.7 Å². The van der Waals surface area contributed by atoms with E-state index in [0.29, 0.717) is 0 Å². The van der Waals surface area contributed by atoms with Gasteiger partial charge in [0.2, 0.25) is 0 Å². The van der Waals surface area contributed by atoms with Crippen molar-refractivity contribution < 1.29 is 18.9 Å². The highest BCUT2D eigenvalue weighted by Crippen LogP contribution is 2.45. The van der Waals surface area contributed by atoms with E-state index >= 15 is 0 Å². The summed E-state index contributed by atoms with van der Waals surface area (Å²) in [5.41, 5.74) is 8.50. The monoisotopic (exact) mass is 528 g/mol. The van der Waals surface area contributed by atoms with E-state index in [1.165, 1.54) is 11.1 Å². The largest absolute Gasteiger partial charge is 0.790 e. The Morgan fingerprint density at radius 3 is 1.22 bits per heavy atom. The van der Waals surface area contributed by atoms with E-state index in [0.717, 1.165) is 33.4 Å². The highest BCUT2D eigenvalue weighted by molar-refractivity contribution is 7.43. The molecule has 37 heavy (non-hydrogen) atoms. The van der Waals surface area contributed by atoms with Gasteiger partial charge in [0.1, 0.15) is 0 Å². The van der Waals surface area contributed by atoms with Crippen LogP contribution in [0.3, 0.4) is 0 Å². The summed E-state index contributed by atoms with van der Waals surface area (Å²) in [6.07, 6.45) is 0. The average molecular weight is 529 g/mol. The van der Waals surface area contributed by atoms with Gasteiger partial charge in [0.05, 0.1) is 14.4 Å². The van der Waals surface area contributed by atoms with Crippen molar-refractivity contribution in [2.24, 2.45) is 0 Å². The van der Waals surface area contributed by atoms with Crippen molar-refractivity contribution in [3.05, 3.63) is 68.8 Å². The minimum atomic E-state index is -5.17. The first kappa shape index (κ1) is 31.8. The highest BCUT2D eigenvalue weighted by Gasteiger charge is 2.33. The molecule has 0 radical (unpaired) electrons. The van der Waals surface area contributed by atoms with Gasteiger partial charge in [-0.1, -0.05) is 107 Å². The zero-order valence-electron chi connectivity index (χ0n) is 25.7. The van der Waals surface area contributed by atoms with Crippen molar-refractivity contribution >= 4 is 7.82 Å². The van der Waals surface area contributed by atoms with Gasteiger partial charge in [-0.25, -0.2) is 0 Å². The molecular weight excluding hydrogens is 479 g/mol. The topological polar surface area (TPSA) is 72.4 Å². The summed E-state index contributed by atoms with van der Waals surface area (Å²) in [4.78, 5) is 23.5. The second kappa shape index (κ2) is 10.3. The fraction of sp³-hybridized carbons (Fsp3) is 0.625. The van der Waals surface area contributed by atoms with Gasteiger partial charge < -0.3 is 18.9 Å². The molecule has 0 heterocycles. The third-order valence-electron chi connectivity index (χ3n) is 7.22. The zero-order valence-corrected chi connectivity index (χ0v) is 26.6. The Morgan fingerprint density at radius 1 is 0.649 bits per heavy atom. The lowest BCUT2D eigenvalue weighted by atomic mass is 9.69. The van der Waals surface area contributed by atoms with Crippen LogP contribution in [0.4, 0.5) is 0 Å². The number of benzene rings is 2. The minimum Gasteiger partial charge on any atom is -0.790 e. The lowest BCUT2D eigenvalue weighted by molar-refractivity contribution is -0.341. The maximum Gasteiger partial charge on any atom is 0.0628 e. The molecule has 0 amide bonds. The van der Waals surface area contributed by atoms with Gasteiger partial charge in [0, 0.05) is 5.92 Å². The first-order chi connectivity index (χ1) is 16.3. The van der Waals surface area contributed by atoms with Crippen LogP contribution in [0, 0.1) is 13.8 Å². The Kier molecular flexibility index (Phi) is 8.81. The molecule has 0 saturated carbocycles. The van der Waals surface area contributed by atoms with Gasteiger partial charge in [0.15, 0.2) is 0 Å². The van der Waals surface area contributed by atoms with Crippen molar-refractivity contribution in [2.45, 2.75) is 125 Å². The van der Waals surface area contributed by atoms with Crippen LogP contribution in [0.5, 0.6) is 0 Å². The molecule has 0 N–H and O–H groups in total. The summed E-state index contributed by atoms with van der Waals surface area (Å²) < 4.78 is 16.8. The van der Waals surface area contributed by atoms with Crippen LogP contribution in [-0.2, 0) is 30.7 Å². The molecule has 4 nitrogen and oxygen atoms in total. The Labute approximate surface area is 226 Å². The molecule has 0 aliphatic rings. The Balaban J connectivity index is 3.06. The highest BCUT2D eigenvalue weighted by atomic mass is 31.2. The summed E-state index contributed by atoms with van der Waals surface area (Å²) in [6.45, 7) is 30.3. The molecule has 0 fully saturated rings. The molecule has 0 aromatic heterocycles. The normalized spacial score (nSPS) is 14.0. The predicted molar refractivity (Wildman–Crippen MR) is 153 cm³/mol. The standard InChI is InChI=1S/C32H51O4P/c1-20-15-22(29(3,4)5)17-25(31(9,10)11)27(20)24(19-36-37(33,34)35)28-21(2)16-23(30(6,7)8)18-26(28)32(12,13)14/h15-18,24H,19H2,1-14H3,(H2,33,34,35)/p-2. The van der Waals surface area contributed by atoms with E-state index in [-0.39, 0.29) is 28.3 Å². The minimum absolute atomic E-state index is 0.0458. The fourth-order valence-corrected chi connectivity index (χ4v) is 5.44. The second-order valence-corrected chi connectivity index (χ2v) is 16.0. The molecule has 2 rings (SSSR count). The number of aryl methyl sites for hydroxylation is 2. The van der Waals surface area contributed by atoms with E-state index in [1.807, 2.05) is 0 Å². The number of phosphoric ester groups is 1. The lowest BCUT2D eigenvalue weighted by Gasteiger charge is -2.38. The third-order valence-corrected chi connectivity index (χ3v) is 7.68. The van der Waals surface area contributed by atoms with Crippen LogP contribution in [-0.4, -0.2) is 6.61 Å². The van der Waals surface area contributed by atoms with Crippen molar-refractivity contribution in [1.82, 2.24) is 0 Å². The van der Waals surface area contributed by atoms with E-state index in [2.05, 4.69) is 121 Å². The van der Waals surface area contributed by atoms with Gasteiger partial charge in [0.25, 0.3) is 0 Å². The van der Waals surface area contributed by atoms with Crippen molar-refractivity contribution in [3.8, 4) is 0 Å². The van der Waals surface area contributed by atoms with Crippen LogP contribution < -0.4 is 9.79 Å². The van der Waals surface area contributed by atoms with Crippen molar-refractivity contribution in [3.63, 3.8) is 0 Å². The van der Waals surface area contributed by atoms with Crippen molar-refractivity contribution in [2.75, 3.05) is 6.61 Å². The molecule has 0 bridgehead atoms. The smallest absolute Gasteiger partial charge is 0.0628 e. The lowest BCUT2D eigenvalue weighted by Crippen LogP contribution is -2.27. The van der Waals surface area contributed by atoms with E-state index in [9.17, 15) is 14.4 Å². The molecular formula is C32H49O4P-2. The molecule has 0 spiro atoms. The summed E-state index contributed by atoms with van der Waals surface area (Å²) in [6, 6.07) is 8.94. The number of phosphoric acid groups is 1. The van der Waals surface area contributed by atoms with Gasteiger partial charge in [-0.3, -0.25) is 0 Å². The summed E-state index contributed by atoms with van der Waals surface area (Å²) >= 11 is 0. The summed E-state index contributed by atoms with van der Waals surface area (Å²) in [5, 5.41) is 0. The first-order valence-corrected chi connectivity index (χ1v) is 14.8. The van der Waals surface area contributed by atoms with Crippen LogP contribution in [0.25, 0.3) is 0 Å². The Bertz CT molecular complexity index is 1090. The molecule has 2 aromatic rings. The van der Waals surface area contributed by atoms with Gasteiger partial charge in [-0.2, -0.15) is 0 Å². The van der Waals surface area contributed by atoms with Crippen LogP contribution in [0.1, 0.15) is 134 Å². The van der Waals surface area contributed by atoms with E-state index in [1.54, 1.807) is 0 Å². The molecule has 2 aromatic carbocycles. The molecule has 0 saturated heterocycles. The average Bonchev–Trinajstić information content (AvgIpc) is 2.65. The SMILES string of the molecule is Cc1cc(C(C)(C)C)cc(C(C)(C)C)c1C(COP(=O)([O-])[O-])c1c(C)cc(C(C)(C)C)cc1C(C)(C)C. The van der Waals surface area contributed by atoms with Crippen molar-refractivity contribution in [1.29, 1.82) is 0 Å². The Morgan fingerprint density at radius 2 is 0.973 bits per heavy atom. The molecule has 0 aliphatic carbocycles. The van der Waals surface area contributed by atoms with Crippen LogP contribution in [0.2, 0.25) is 0 Å². The van der Waals surface area contributed by atoms with Crippen LogP contribution >= 0.6 is 7.82 Å². The van der Waals surface area contributed by atoms with E-state index in [4.69, 9.17) is 4.52 Å². The summed E-state index contributed by atoms with van der Waals surface area (Å²) in [7, 11) is -5.17. The summed E-state index contributed by atoms with van der Waals surface area (Å²) in [5.74, 6) is -0.414. The maximum atomic E-state index is 11.8. The number of hydrogen-bond acceptors (Lipinski definition) is 4. The maximum absolute atomic E-state index is 11.8. The van der Waals surface area contributed by atoms with Gasteiger partial charge in [-0.15, -0.1) is 0 Å². The van der Waals surface area contributed by atoms with Gasteiger partial charge >= 0.3 is 0 Å². The Hall–Kier alpha value is -1.45. The first-order valence-electron chi connectivity index (χ1n) is 13.3. The molecule has 0 unspecified atom stereocenters. The molecule has 208 valence electrons. The molecule has 5 heteroatoms. The molecule has 0 atom stereocenters. The predicted octanol–water partition coefficient (Wildman–Crippen LogP) is 7.47. The zero-order chi connectivity index (χ0) is 28.9. The quantitative estimate of drug-likeness (QED) is 0.377. The fourth-order valence-electron chi connectivity index (χ4n) is 5.11.